The van der Waals surface area contributed by atoms with Crippen LogP contribution in [0.1, 0.15) is 19.0 Å². The number of aromatic nitrogens is 2. The number of aromatic amines is 1. The Kier molecular flexibility index (Phi) is 4.87. The number of rotatable bonds is 4. The van der Waals surface area contributed by atoms with Crippen molar-refractivity contribution in [3.8, 4) is 0 Å². The predicted octanol–water partition coefficient (Wildman–Crippen LogP) is 4.31. The summed E-state index contributed by atoms with van der Waals surface area (Å²) in [5.41, 5.74) is 1.54. The largest absolute Gasteiger partial charge is 0.324 e. The van der Waals surface area contributed by atoms with Crippen LogP contribution in [0, 0.1) is 0 Å². The number of urea groups is 1. The number of carbonyl (C=O) groups excluding carboxylic acids is 1. The number of benzene rings is 1. The van der Waals surface area contributed by atoms with Gasteiger partial charge in [0, 0.05) is 17.4 Å². The Morgan fingerprint density at radius 3 is 2.75 bits per heavy atom. The van der Waals surface area contributed by atoms with Crippen LogP contribution >= 0.6 is 23.2 Å². The van der Waals surface area contributed by atoms with Crippen LogP contribution in [0.3, 0.4) is 0 Å². The Bertz CT molecular complexity index is 612. The van der Waals surface area contributed by atoms with Gasteiger partial charge in [-0.05, 0) is 24.6 Å². The molecule has 0 fully saturated rings. The number of nitrogens with zero attached hydrogens (tertiary/aromatic N) is 1. The average Bonchev–Trinajstić information content (AvgIpc) is 2.81. The third kappa shape index (κ3) is 3.88. The molecule has 1 aromatic carbocycles. The molecule has 2 amide bonds. The Morgan fingerprint density at radius 1 is 1.25 bits per heavy atom. The summed E-state index contributed by atoms with van der Waals surface area (Å²) in [4.78, 5) is 11.8. The van der Waals surface area contributed by atoms with Crippen LogP contribution in [-0.2, 0) is 6.42 Å². The fraction of sp³-hybridized carbons (Fsp3) is 0.231. The van der Waals surface area contributed by atoms with Crippen molar-refractivity contribution in [2.45, 2.75) is 19.8 Å². The molecule has 0 unspecified atom stereocenters. The summed E-state index contributed by atoms with van der Waals surface area (Å²) in [7, 11) is 0. The third-order valence-electron chi connectivity index (χ3n) is 2.57. The smallest absolute Gasteiger partial charge is 0.308 e. The number of anilines is 2. The third-order valence-corrected chi connectivity index (χ3v) is 3.31. The van der Waals surface area contributed by atoms with Crippen LogP contribution in [0.4, 0.5) is 16.3 Å². The van der Waals surface area contributed by atoms with E-state index in [4.69, 9.17) is 23.2 Å². The molecule has 5 nitrogen and oxygen atoms in total. The fourth-order valence-corrected chi connectivity index (χ4v) is 1.97. The monoisotopic (exact) mass is 312 g/mol. The molecule has 0 atom stereocenters. The second-order valence-electron chi connectivity index (χ2n) is 4.24. The summed E-state index contributed by atoms with van der Waals surface area (Å²) in [5.74, 6) is 0.478. The van der Waals surface area contributed by atoms with Crippen molar-refractivity contribution in [2.75, 3.05) is 10.6 Å². The van der Waals surface area contributed by atoms with Gasteiger partial charge in [-0.25, -0.2) is 4.79 Å². The lowest BCUT2D eigenvalue weighted by Gasteiger charge is -2.06. The number of carbonyl (C=O) groups is 1. The second kappa shape index (κ2) is 6.63. The lowest BCUT2D eigenvalue weighted by Crippen LogP contribution is -2.19. The highest BCUT2D eigenvalue weighted by molar-refractivity contribution is 6.42. The van der Waals surface area contributed by atoms with Crippen LogP contribution in [0.2, 0.25) is 10.0 Å². The lowest BCUT2D eigenvalue weighted by atomic mass is 10.2. The van der Waals surface area contributed by atoms with Gasteiger partial charge in [0.2, 0.25) is 0 Å². The van der Waals surface area contributed by atoms with E-state index in [0.717, 1.165) is 18.5 Å². The molecule has 0 radical (unpaired) electrons. The summed E-state index contributed by atoms with van der Waals surface area (Å²) in [6, 6.07) is 6.28. The van der Waals surface area contributed by atoms with Crippen LogP contribution in [0.15, 0.2) is 24.3 Å². The Hall–Kier alpha value is -1.72. The first-order valence-corrected chi connectivity index (χ1v) is 6.91. The number of halogens is 2. The van der Waals surface area contributed by atoms with Crippen LogP contribution < -0.4 is 10.6 Å². The topological polar surface area (TPSA) is 69.8 Å². The minimum atomic E-state index is -0.391. The van der Waals surface area contributed by atoms with Gasteiger partial charge in [-0.3, -0.25) is 10.4 Å². The molecule has 3 N–H and O–H groups in total. The average molecular weight is 313 g/mol. The Balaban J connectivity index is 1.95. The molecule has 0 aliphatic heterocycles. The molecule has 2 aromatic rings. The van der Waals surface area contributed by atoms with Gasteiger partial charge in [-0.1, -0.05) is 36.5 Å². The molecule has 1 aromatic heterocycles. The van der Waals surface area contributed by atoms with Crippen LogP contribution in [0.25, 0.3) is 0 Å². The SMILES string of the molecule is CCCc1cc(NC(=O)Nc2ccc(Cl)c(Cl)c2)n[nH]1. The van der Waals surface area contributed by atoms with Crippen molar-refractivity contribution in [3.05, 3.63) is 40.0 Å². The van der Waals surface area contributed by atoms with Crippen molar-refractivity contribution in [3.63, 3.8) is 0 Å². The predicted molar refractivity (Wildman–Crippen MR) is 81.7 cm³/mol. The number of H-pyrrole nitrogens is 1. The van der Waals surface area contributed by atoms with Crippen LogP contribution in [0.5, 0.6) is 0 Å². The van der Waals surface area contributed by atoms with Gasteiger partial charge in [0.15, 0.2) is 5.82 Å². The van der Waals surface area contributed by atoms with Crippen molar-refractivity contribution >= 4 is 40.7 Å². The molecule has 0 saturated carbocycles. The number of amides is 2. The molecule has 0 bridgehead atoms. The molecule has 106 valence electrons. The molecule has 0 aliphatic rings. The minimum Gasteiger partial charge on any atom is -0.308 e. The molecule has 1 heterocycles. The summed E-state index contributed by atoms with van der Waals surface area (Å²) in [6.07, 6.45) is 1.90. The molecule has 0 spiro atoms. The number of hydrogen-bond donors (Lipinski definition) is 3. The maximum Gasteiger partial charge on any atom is 0.324 e. The van der Waals surface area contributed by atoms with Gasteiger partial charge >= 0.3 is 6.03 Å². The zero-order valence-electron chi connectivity index (χ0n) is 10.8. The maximum atomic E-state index is 11.8. The summed E-state index contributed by atoms with van der Waals surface area (Å²) >= 11 is 11.7. The molecule has 0 aliphatic carbocycles. The first kappa shape index (κ1) is 14.7. The molecule has 0 saturated heterocycles. The highest BCUT2D eigenvalue weighted by atomic mass is 35.5. The number of hydrogen-bond acceptors (Lipinski definition) is 2. The Morgan fingerprint density at radius 2 is 2.05 bits per heavy atom. The van der Waals surface area contributed by atoms with Crippen LogP contribution in [-0.4, -0.2) is 16.2 Å². The van der Waals surface area contributed by atoms with Crippen molar-refractivity contribution in [1.82, 2.24) is 10.2 Å². The van der Waals surface area contributed by atoms with E-state index in [0.29, 0.717) is 21.6 Å². The fourth-order valence-electron chi connectivity index (χ4n) is 1.68. The van der Waals surface area contributed by atoms with E-state index >= 15 is 0 Å². The van der Waals surface area contributed by atoms with Gasteiger partial charge in [-0.15, -0.1) is 0 Å². The van der Waals surface area contributed by atoms with Crippen molar-refractivity contribution in [2.24, 2.45) is 0 Å². The zero-order valence-corrected chi connectivity index (χ0v) is 12.3. The Labute approximate surface area is 126 Å². The summed E-state index contributed by atoms with van der Waals surface area (Å²) in [5, 5.41) is 13.0. The van der Waals surface area contributed by atoms with E-state index in [1.54, 1.807) is 24.3 Å². The zero-order chi connectivity index (χ0) is 14.5. The highest BCUT2D eigenvalue weighted by Crippen LogP contribution is 2.25. The minimum absolute atomic E-state index is 0.384. The van der Waals surface area contributed by atoms with Gasteiger partial charge in [-0.2, -0.15) is 5.10 Å². The highest BCUT2D eigenvalue weighted by Gasteiger charge is 2.07. The van der Waals surface area contributed by atoms with E-state index in [9.17, 15) is 4.79 Å². The number of nitrogens with one attached hydrogen (secondary N) is 3. The van der Waals surface area contributed by atoms with E-state index in [2.05, 4.69) is 27.8 Å². The van der Waals surface area contributed by atoms with Crippen molar-refractivity contribution < 1.29 is 4.79 Å². The first-order valence-electron chi connectivity index (χ1n) is 6.16. The number of aryl methyl sites for hydroxylation is 1. The molecule has 20 heavy (non-hydrogen) atoms. The quantitative estimate of drug-likeness (QED) is 0.787. The normalized spacial score (nSPS) is 10.3. The van der Waals surface area contributed by atoms with E-state index < -0.39 is 6.03 Å². The van der Waals surface area contributed by atoms with Crippen molar-refractivity contribution in [1.29, 1.82) is 0 Å². The lowest BCUT2D eigenvalue weighted by molar-refractivity contribution is 0.262. The van der Waals surface area contributed by atoms with Gasteiger partial charge < -0.3 is 5.32 Å². The van der Waals surface area contributed by atoms with Gasteiger partial charge in [0.1, 0.15) is 0 Å². The molecular weight excluding hydrogens is 299 g/mol. The van der Waals surface area contributed by atoms with Gasteiger partial charge in [0.25, 0.3) is 0 Å². The maximum absolute atomic E-state index is 11.8. The molecular formula is C13H14Cl2N4O. The molecule has 2 rings (SSSR count). The van der Waals surface area contributed by atoms with E-state index in [1.165, 1.54) is 0 Å². The summed E-state index contributed by atoms with van der Waals surface area (Å²) < 4.78 is 0. The van der Waals surface area contributed by atoms with E-state index in [1.807, 2.05) is 0 Å². The summed E-state index contributed by atoms with van der Waals surface area (Å²) in [6.45, 7) is 2.07. The first-order chi connectivity index (χ1) is 9.58. The second-order valence-corrected chi connectivity index (χ2v) is 5.05. The molecule has 7 heteroatoms. The standard InChI is InChI=1S/C13H14Cl2N4O/c1-2-3-9-7-12(19-18-9)17-13(20)16-8-4-5-10(14)11(15)6-8/h4-7H,2-3H2,1H3,(H3,16,17,18,19,20). The van der Waals surface area contributed by atoms with Gasteiger partial charge in [0.05, 0.1) is 10.0 Å². The van der Waals surface area contributed by atoms with E-state index in [-0.39, 0.29) is 0 Å².